The summed E-state index contributed by atoms with van der Waals surface area (Å²) in [6, 6.07) is 139. The van der Waals surface area contributed by atoms with Gasteiger partial charge in [0, 0.05) is 33.8 Å². The Morgan fingerprint density at radius 3 is 1.10 bits per heavy atom. The molecule has 0 N–H and O–H groups in total. The van der Waals surface area contributed by atoms with Crippen molar-refractivity contribution in [2.45, 2.75) is 37.0 Å². The number of nitrogens with zero attached hydrogens (tertiary/aromatic N) is 2. The molecule has 494 valence electrons. The first-order valence-corrected chi connectivity index (χ1v) is 36.7. The van der Waals surface area contributed by atoms with Crippen LogP contribution in [-0.4, -0.2) is 0 Å². The quantitative estimate of drug-likeness (QED) is 0.129. The number of fused-ring (bicyclic) bond motifs is 19. The zero-order valence-corrected chi connectivity index (χ0v) is 58.5. The van der Waals surface area contributed by atoms with Crippen molar-refractivity contribution in [1.82, 2.24) is 0 Å². The third-order valence-corrected chi connectivity index (χ3v) is 23.7. The Morgan fingerprint density at radius 2 is 0.600 bits per heavy atom. The summed E-state index contributed by atoms with van der Waals surface area (Å²) in [6.45, 7) is 6.74. The van der Waals surface area contributed by atoms with E-state index in [1.54, 1.807) is 0 Å². The topological polar surface area (TPSA) is 19.6 Å². The summed E-state index contributed by atoms with van der Waals surface area (Å²) in [5, 5.41) is 2.16. The van der Waals surface area contributed by atoms with Gasteiger partial charge in [-0.25, -0.2) is 0 Å². The average molecular weight is 1340 g/mol. The molecule has 0 saturated heterocycles. The van der Waals surface area contributed by atoms with Crippen molar-refractivity contribution in [3.05, 3.63) is 454 Å². The van der Waals surface area contributed by atoms with Gasteiger partial charge in [-0.15, -0.1) is 0 Å². The van der Waals surface area contributed by atoms with Crippen LogP contribution in [-0.2, 0) is 16.2 Å². The summed E-state index contributed by atoms with van der Waals surface area (Å²) in [4.78, 5) is 4.98. The number of hydrogen-bond donors (Lipinski definition) is 0. The zero-order valence-electron chi connectivity index (χ0n) is 58.5. The Morgan fingerprint density at radius 1 is 0.229 bits per heavy atom. The molecule has 1 aromatic heterocycles. The molecule has 0 atom stereocenters. The van der Waals surface area contributed by atoms with Crippen molar-refractivity contribution in [3.8, 4) is 55.6 Å². The fourth-order valence-electron chi connectivity index (χ4n) is 19.4. The van der Waals surface area contributed by atoms with Gasteiger partial charge in [0.05, 0.1) is 27.3 Å². The number of anilines is 6. The second-order valence-electron chi connectivity index (χ2n) is 29.1. The molecule has 0 radical (unpaired) electrons. The Kier molecular flexibility index (Phi) is 13.4. The van der Waals surface area contributed by atoms with E-state index in [0.717, 1.165) is 72.8 Å². The Bertz CT molecular complexity index is 6070. The molecule has 0 fully saturated rings. The molecule has 0 amide bonds. The number of para-hydroxylation sites is 1. The fourth-order valence-corrected chi connectivity index (χ4v) is 19.4. The van der Waals surface area contributed by atoms with Crippen LogP contribution in [0.25, 0.3) is 77.6 Å². The standard InChI is InChI=1S/C102H70N2O/c1-65-43-53-82-84-56-50-76(63-94(84)100(92(82)59-65,69-25-8-4-9-26-69)70-27-10-5-11-28-70)103(77-51-57-85-83-54-44-66(2)60-93(83)101(95(85)64-77,71-29-12-6-13-30-71)72-31-14-7-15-32-72)74-49-55-78(67(3)61-74)68-45-47-73(48-46-68)104(96-40-24-42-98-99(96)86-36-19-23-41-97(86)105-98)75-52-58-91-87(62-75)81-35-18-22-39-90(81)102(91)88-37-20-16-33-79(88)80-34-17-21-38-89(80)102/h4-64H,1-3H3. The van der Waals surface area contributed by atoms with Gasteiger partial charge in [0.1, 0.15) is 11.2 Å². The van der Waals surface area contributed by atoms with E-state index in [-0.39, 0.29) is 0 Å². The van der Waals surface area contributed by atoms with E-state index < -0.39 is 16.2 Å². The molecule has 0 bridgehead atoms. The molecule has 4 aliphatic carbocycles. The molecular weight excluding hydrogens is 1270 g/mol. The third kappa shape index (κ3) is 8.61. The first kappa shape index (κ1) is 60.7. The second kappa shape index (κ2) is 23.2. The van der Waals surface area contributed by atoms with E-state index in [1.165, 1.54) is 122 Å². The summed E-state index contributed by atoms with van der Waals surface area (Å²) < 4.78 is 6.67. The smallest absolute Gasteiger partial charge is 0.137 e. The lowest BCUT2D eigenvalue weighted by molar-refractivity contribution is 0.669. The normalized spacial score (nSPS) is 13.9. The van der Waals surface area contributed by atoms with Crippen LogP contribution in [0.4, 0.5) is 34.1 Å². The van der Waals surface area contributed by atoms with Crippen LogP contribution in [0.2, 0.25) is 0 Å². The van der Waals surface area contributed by atoms with Crippen LogP contribution in [0.5, 0.6) is 0 Å². The minimum absolute atomic E-state index is 0.456. The monoisotopic (exact) mass is 1340 g/mol. The van der Waals surface area contributed by atoms with Gasteiger partial charge in [-0.05, 0) is 228 Å². The van der Waals surface area contributed by atoms with Crippen LogP contribution >= 0.6 is 0 Å². The SMILES string of the molecule is Cc1ccc2c(c1)C(c1ccccc1)(c1ccccc1)c1cc(N(c3ccc(-c4ccc(N(c5ccc6c(c5)-c5ccccc5C65c6ccccc6-c6ccccc65)c5cccc6oc7ccccc7c56)cc4)c(C)c3)c3ccc4c(c3)C(c3ccccc3)(c3ccccc3)c3cc(C)ccc3-4)ccc1-2. The molecule has 17 aromatic rings. The van der Waals surface area contributed by atoms with Crippen molar-refractivity contribution in [3.63, 3.8) is 0 Å². The summed E-state index contributed by atoms with van der Waals surface area (Å²) in [5.74, 6) is 0. The highest BCUT2D eigenvalue weighted by Crippen LogP contribution is 2.65. The molecule has 105 heavy (non-hydrogen) atoms. The van der Waals surface area contributed by atoms with Crippen LogP contribution < -0.4 is 9.80 Å². The fraction of sp³-hybridized carbons (Fsp3) is 0.0588. The summed E-state index contributed by atoms with van der Waals surface area (Å²) in [5.41, 5.74) is 37.8. The van der Waals surface area contributed by atoms with Crippen molar-refractivity contribution >= 4 is 56.1 Å². The van der Waals surface area contributed by atoms with Crippen LogP contribution in [0, 0.1) is 20.8 Å². The number of rotatable bonds is 11. The molecule has 1 heterocycles. The molecule has 3 heteroatoms. The third-order valence-electron chi connectivity index (χ3n) is 23.7. The maximum atomic E-state index is 6.67. The van der Waals surface area contributed by atoms with Gasteiger partial charge < -0.3 is 14.2 Å². The number of benzene rings is 16. The van der Waals surface area contributed by atoms with E-state index in [9.17, 15) is 0 Å². The lowest BCUT2D eigenvalue weighted by Crippen LogP contribution is -2.29. The lowest BCUT2D eigenvalue weighted by atomic mass is 9.67. The first-order chi connectivity index (χ1) is 51.8. The predicted octanol–water partition coefficient (Wildman–Crippen LogP) is 26.2. The molecule has 0 aliphatic heterocycles. The first-order valence-electron chi connectivity index (χ1n) is 36.7. The van der Waals surface area contributed by atoms with Crippen LogP contribution in [0.1, 0.15) is 83.5 Å². The van der Waals surface area contributed by atoms with Crippen molar-refractivity contribution < 1.29 is 4.42 Å². The minimum atomic E-state index is -0.613. The van der Waals surface area contributed by atoms with Crippen molar-refractivity contribution in [1.29, 1.82) is 0 Å². The highest BCUT2D eigenvalue weighted by molar-refractivity contribution is 6.14. The van der Waals surface area contributed by atoms with Crippen LogP contribution in [0.3, 0.4) is 0 Å². The van der Waals surface area contributed by atoms with E-state index in [0.29, 0.717) is 0 Å². The Hall–Kier alpha value is -13.1. The van der Waals surface area contributed by atoms with E-state index in [1.807, 2.05) is 0 Å². The second-order valence-corrected chi connectivity index (χ2v) is 29.1. The van der Waals surface area contributed by atoms with Crippen molar-refractivity contribution in [2.75, 3.05) is 9.80 Å². The van der Waals surface area contributed by atoms with Crippen LogP contribution in [0.15, 0.2) is 374 Å². The largest absolute Gasteiger partial charge is 0.456 e. The maximum absolute atomic E-state index is 6.67. The molecule has 16 aromatic carbocycles. The number of furan rings is 1. The average Bonchev–Trinajstić information content (AvgIpc) is 1.50. The highest BCUT2D eigenvalue weighted by Gasteiger charge is 2.53. The molecule has 0 saturated carbocycles. The molecule has 3 nitrogen and oxygen atoms in total. The lowest BCUT2D eigenvalue weighted by Gasteiger charge is -2.36. The summed E-state index contributed by atoms with van der Waals surface area (Å²) >= 11 is 0. The van der Waals surface area contributed by atoms with Crippen molar-refractivity contribution in [2.24, 2.45) is 0 Å². The van der Waals surface area contributed by atoms with E-state index in [4.69, 9.17) is 4.42 Å². The number of aryl methyl sites for hydroxylation is 3. The van der Waals surface area contributed by atoms with Gasteiger partial charge in [-0.3, -0.25) is 0 Å². The predicted molar refractivity (Wildman–Crippen MR) is 434 cm³/mol. The maximum Gasteiger partial charge on any atom is 0.137 e. The summed E-state index contributed by atoms with van der Waals surface area (Å²) in [6.07, 6.45) is 0. The highest BCUT2D eigenvalue weighted by atomic mass is 16.3. The van der Waals surface area contributed by atoms with Gasteiger partial charge in [-0.1, -0.05) is 302 Å². The van der Waals surface area contributed by atoms with Gasteiger partial charge >= 0.3 is 0 Å². The Balaban J connectivity index is 0.739. The van der Waals surface area contributed by atoms with E-state index >= 15 is 0 Å². The van der Waals surface area contributed by atoms with Gasteiger partial charge in [0.15, 0.2) is 0 Å². The Labute approximate surface area is 612 Å². The number of hydrogen-bond acceptors (Lipinski definition) is 3. The molecular formula is C102H70N2O. The van der Waals surface area contributed by atoms with E-state index in [2.05, 4.69) is 401 Å². The minimum Gasteiger partial charge on any atom is -0.456 e. The zero-order chi connectivity index (χ0) is 69.7. The van der Waals surface area contributed by atoms with Gasteiger partial charge in [0.2, 0.25) is 0 Å². The summed E-state index contributed by atoms with van der Waals surface area (Å²) in [7, 11) is 0. The molecule has 4 aliphatic rings. The molecule has 1 spiro atoms. The molecule has 0 unspecified atom stereocenters. The molecule has 21 rings (SSSR count). The van der Waals surface area contributed by atoms with Gasteiger partial charge in [-0.2, -0.15) is 0 Å². The van der Waals surface area contributed by atoms with Gasteiger partial charge in [0.25, 0.3) is 0 Å².